The van der Waals surface area contributed by atoms with Crippen LogP contribution in [0.2, 0.25) is 0 Å². The van der Waals surface area contributed by atoms with E-state index in [9.17, 15) is 0 Å². The van der Waals surface area contributed by atoms with Gasteiger partial charge < -0.3 is 10.2 Å². The standard InChI is InChI=1S/C13H22N4/c1-2-14-9-12-10-16-13(11-15-12)17-7-5-3-4-6-8-17/h10-11,14H,2-9H2,1H3. The monoisotopic (exact) mass is 234 g/mol. The van der Waals surface area contributed by atoms with Gasteiger partial charge in [-0.2, -0.15) is 0 Å². The molecule has 0 bridgehead atoms. The maximum absolute atomic E-state index is 4.52. The Hall–Kier alpha value is -1.16. The van der Waals surface area contributed by atoms with Crippen molar-refractivity contribution in [3.8, 4) is 0 Å². The van der Waals surface area contributed by atoms with Crippen LogP contribution in [-0.4, -0.2) is 29.6 Å². The Morgan fingerprint density at radius 2 is 1.88 bits per heavy atom. The molecule has 2 rings (SSSR count). The highest BCUT2D eigenvalue weighted by Gasteiger charge is 2.10. The minimum atomic E-state index is 0.809. The lowest BCUT2D eigenvalue weighted by Crippen LogP contribution is -2.25. The van der Waals surface area contributed by atoms with Gasteiger partial charge in [-0.05, 0) is 19.4 Å². The first-order valence-electron chi connectivity index (χ1n) is 6.66. The van der Waals surface area contributed by atoms with Gasteiger partial charge in [0.25, 0.3) is 0 Å². The minimum Gasteiger partial charge on any atom is -0.355 e. The molecule has 0 amide bonds. The van der Waals surface area contributed by atoms with Crippen molar-refractivity contribution in [3.63, 3.8) is 0 Å². The maximum atomic E-state index is 4.52. The molecule has 1 N–H and O–H groups in total. The summed E-state index contributed by atoms with van der Waals surface area (Å²) < 4.78 is 0. The van der Waals surface area contributed by atoms with Crippen molar-refractivity contribution in [3.05, 3.63) is 18.1 Å². The van der Waals surface area contributed by atoms with Crippen molar-refractivity contribution in [2.24, 2.45) is 0 Å². The Kier molecular flexibility index (Phi) is 4.74. The van der Waals surface area contributed by atoms with Gasteiger partial charge in [0.1, 0.15) is 5.82 Å². The fourth-order valence-electron chi connectivity index (χ4n) is 2.16. The summed E-state index contributed by atoms with van der Waals surface area (Å²) in [5.41, 5.74) is 1.02. The summed E-state index contributed by atoms with van der Waals surface area (Å²) in [5.74, 6) is 1.03. The lowest BCUT2D eigenvalue weighted by atomic mass is 10.2. The molecule has 0 aromatic carbocycles. The van der Waals surface area contributed by atoms with Crippen LogP contribution in [0.4, 0.5) is 5.82 Å². The van der Waals surface area contributed by atoms with Crippen molar-refractivity contribution >= 4 is 5.82 Å². The van der Waals surface area contributed by atoms with Gasteiger partial charge in [0.2, 0.25) is 0 Å². The molecule has 1 aliphatic rings. The molecule has 0 unspecified atom stereocenters. The first-order valence-corrected chi connectivity index (χ1v) is 6.66. The van der Waals surface area contributed by atoms with Crippen molar-refractivity contribution < 1.29 is 0 Å². The smallest absolute Gasteiger partial charge is 0.147 e. The maximum Gasteiger partial charge on any atom is 0.147 e. The molecule has 1 aliphatic heterocycles. The molecular weight excluding hydrogens is 212 g/mol. The Morgan fingerprint density at radius 1 is 1.12 bits per heavy atom. The molecule has 0 aliphatic carbocycles. The fraction of sp³-hybridized carbons (Fsp3) is 0.692. The first kappa shape index (κ1) is 12.3. The molecule has 4 heteroatoms. The van der Waals surface area contributed by atoms with E-state index in [0.29, 0.717) is 0 Å². The summed E-state index contributed by atoms with van der Waals surface area (Å²) in [6.07, 6.45) is 9.06. The predicted molar refractivity (Wildman–Crippen MR) is 70.1 cm³/mol. The SMILES string of the molecule is CCNCc1cnc(N2CCCCCC2)cn1. The van der Waals surface area contributed by atoms with Crippen LogP contribution >= 0.6 is 0 Å². The highest BCUT2D eigenvalue weighted by molar-refractivity contribution is 5.35. The van der Waals surface area contributed by atoms with Gasteiger partial charge in [0.05, 0.1) is 18.1 Å². The van der Waals surface area contributed by atoms with E-state index in [1.807, 2.05) is 12.4 Å². The van der Waals surface area contributed by atoms with Crippen molar-refractivity contribution in [2.75, 3.05) is 24.5 Å². The Balaban J connectivity index is 1.96. The van der Waals surface area contributed by atoms with Crippen LogP contribution < -0.4 is 10.2 Å². The normalized spacial score (nSPS) is 16.9. The Bertz CT molecular complexity index is 315. The zero-order valence-corrected chi connectivity index (χ0v) is 10.7. The number of anilines is 1. The zero-order chi connectivity index (χ0) is 11.9. The van der Waals surface area contributed by atoms with E-state index < -0.39 is 0 Å². The van der Waals surface area contributed by atoms with E-state index in [-0.39, 0.29) is 0 Å². The topological polar surface area (TPSA) is 41.1 Å². The molecule has 0 radical (unpaired) electrons. The van der Waals surface area contributed by atoms with Crippen LogP contribution in [0.15, 0.2) is 12.4 Å². The Labute approximate surface area is 103 Å². The van der Waals surface area contributed by atoms with Crippen LogP contribution in [0.25, 0.3) is 0 Å². The molecule has 2 heterocycles. The van der Waals surface area contributed by atoms with Crippen molar-refractivity contribution in [1.29, 1.82) is 0 Å². The average Bonchev–Trinajstić information content (AvgIpc) is 2.66. The van der Waals surface area contributed by atoms with Crippen LogP contribution in [0.5, 0.6) is 0 Å². The fourth-order valence-corrected chi connectivity index (χ4v) is 2.16. The van der Waals surface area contributed by atoms with E-state index in [2.05, 4.69) is 27.1 Å². The summed E-state index contributed by atoms with van der Waals surface area (Å²) in [6.45, 7) is 6.13. The summed E-state index contributed by atoms with van der Waals surface area (Å²) in [4.78, 5) is 11.3. The highest BCUT2D eigenvalue weighted by atomic mass is 15.2. The average molecular weight is 234 g/mol. The molecule has 1 aromatic rings. The van der Waals surface area contributed by atoms with E-state index in [0.717, 1.165) is 37.7 Å². The molecule has 1 fully saturated rings. The molecule has 4 nitrogen and oxygen atoms in total. The quantitative estimate of drug-likeness (QED) is 0.864. The summed E-state index contributed by atoms with van der Waals surface area (Å²) in [5, 5.41) is 3.26. The third-order valence-electron chi connectivity index (χ3n) is 3.18. The third kappa shape index (κ3) is 3.66. The number of nitrogens with one attached hydrogen (secondary N) is 1. The van der Waals surface area contributed by atoms with Gasteiger partial charge in [0.15, 0.2) is 0 Å². The number of aromatic nitrogens is 2. The van der Waals surface area contributed by atoms with Gasteiger partial charge in [0, 0.05) is 19.6 Å². The molecule has 0 atom stereocenters. The highest BCUT2D eigenvalue weighted by Crippen LogP contribution is 2.16. The molecule has 1 aromatic heterocycles. The lowest BCUT2D eigenvalue weighted by Gasteiger charge is -2.20. The van der Waals surface area contributed by atoms with E-state index in [1.54, 1.807) is 0 Å². The minimum absolute atomic E-state index is 0.809. The van der Waals surface area contributed by atoms with Gasteiger partial charge in [-0.1, -0.05) is 19.8 Å². The van der Waals surface area contributed by atoms with E-state index in [1.165, 1.54) is 25.7 Å². The molecule has 0 spiro atoms. The summed E-state index contributed by atoms with van der Waals surface area (Å²) in [6, 6.07) is 0. The van der Waals surface area contributed by atoms with Gasteiger partial charge in [-0.3, -0.25) is 4.98 Å². The summed E-state index contributed by atoms with van der Waals surface area (Å²) >= 11 is 0. The van der Waals surface area contributed by atoms with Crippen LogP contribution in [0, 0.1) is 0 Å². The zero-order valence-electron chi connectivity index (χ0n) is 10.7. The molecule has 1 saturated heterocycles. The number of nitrogens with zero attached hydrogens (tertiary/aromatic N) is 3. The number of rotatable bonds is 4. The lowest BCUT2D eigenvalue weighted by molar-refractivity contribution is 0.703. The van der Waals surface area contributed by atoms with E-state index in [4.69, 9.17) is 0 Å². The third-order valence-corrected chi connectivity index (χ3v) is 3.18. The number of hydrogen-bond donors (Lipinski definition) is 1. The van der Waals surface area contributed by atoms with Crippen LogP contribution in [0.3, 0.4) is 0 Å². The van der Waals surface area contributed by atoms with Crippen LogP contribution in [0.1, 0.15) is 38.3 Å². The predicted octanol–water partition coefficient (Wildman–Crippen LogP) is 1.97. The second-order valence-electron chi connectivity index (χ2n) is 4.55. The van der Waals surface area contributed by atoms with Gasteiger partial charge in [-0.15, -0.1) is 0 Å². The molecule has 17 heavy (non-hydrogen) atoms. The van der Waals surface area contributed by atoms with Gasteiger partial charge >= 0.3 is 0 Å². The second kappa shape index (κ2) is 6.55. The largest absolute Gasteiger partial charge is 0.355 e. The van der Waals surface area contributed by atoms with Gasteiger partial charge in [-0.25, -0.2) is 4.98 Å². The first-order chi connectivity index (χ1) is 8.40. The van der Waals surface area contributed by atoms with E-state index >= 15 is 0 Å². The Morgan fingerprint density at radius 3 is 2.47 bits per heavy atom. The second-order valence-corrected chi connectivity index (χ2v) is 4.55. The van der Waals surface area contributed by atoms with Crippen molar-refractivity contribution in [2.45, 2.75) is 39.2 Å². The number of hydrogen-bond acceptors (Lipinski definition) is 4. The van der Waals surface area contributed by atoms with Crippen LogP contribution in [-0.2, 0) is 6.54 Å². The summed E-state index contributed by atoms with van der Waals surface area (Å²) in [7, 11) is 0. The molecule has 94 valence electrons. The van der Waals surface area contributed by atoms with Crippen molar-refractivity contribution in [1.82, 2.24) is 15.3 Å². The molecular formula is C13H22N4. The molecule has 0 saturated carbocycles.